The minimum Gasteiger partial charge on any atom is -0.342 e. The maximum absolute atomic E-state index is 12.7. The summed E-state index contributed by atoms with van der Waals surface area (Å²) in [5.74, 6) is 0.635. The lowest BCUT2D eigenvalue weighted by Crippen LogP contribution is -2.46. The topological polar surface area (TPSA) is 23.6 Å². The summed E-state index contributed by atoms with van der Waals surface area (Å²) in [4.78, 5) is 17.6. The number of carbonyl (C=O) groups is 1. The predicted molar refractivity (Wildman–Crippen MR) is 104 cm³/mol. The van der Waals surface area contributed by atoms with Gasteiger partial charge in [-0.05, 0) is 50.6 Å². The third-order valence-electron chi connectivity index (χ3n) is 6.38. The predicted octanol–water partition coefficient (Wildman–Crippen LogP) is 3.98. The summed E-state index contributed by atoms with van der Waals surface area (Å²) in [5.41, 5.74) is 1.79. The van der Waals surface area contributed by atoms with Crippen LogP contribution < -0.4 is 0 Å². The van der Waals surface area contributed by atoms with Gasteiger partial charge in [-0.15, -0.1) is 0 Å². The molecule has 1 aromatic rings. The normalized spacial score (nSPS) is 24.4. The van der Waals surface area contributed by atoms with Gasteiger partial charge in [-0.1, -0.05) is 44.2 Å². The van der Waals surface area contributed by atoms with Gasteiger partial charge in [0.25, 0.3) is 0 Å². The molecule has 0 bridgehead atoms. The number of rotatable bonds is 6. The zero-order chi connectivity index (χ0) is 17.7. The summed E-state index contributed by atoms with van der Waals surface area (Å²) in [6.07, 6.45) is 6.85. The highest BCUT2D eigenvalue weighted by Crippen LogP contribution is 2.39. The average Bonchev–Trinajstić information content (AvgIpc) is 3.05. The maximum Gasteiger partial charge on any atom is 0.225 e. The van der Waals surface area contributed by atoms with E-state index in [0.717, 1.165) is 38.9 Å². The molecular formula is C22H34N2O. The molecular weight excluding hydrogens is 308 g/mol. The molecule has 25 heavy (non-hydrogen) atoms. The Morgan fingerprint density at radius 3 is 2.56 bits per heavy atom. The number of carbonyl (C=O) groups excluding carboxylic acids is 1. The molecule has 0 radical (unpaired) electrons. The largest absolute Gasteiger partial charge is 0.342 e. The molecule has 2 fully saturated rings. The quantitative estimate of drug-likeness (QED) is 0.781. The second-order valence-corrected chi connectivity index (χ2v) is 8.14. The molecule has 1 spiro atoms. The Hall–Kier alpha value is -1.35. The maximum atomic E-state index is 12.7. The Balaban J connectivity index is 1.55. The van der Waals surface area contributed by atoms with Gasteiger partial charge in [-0.3, -0.25) is 4.79 Å². The van der Waals surface area contributed by atoms with Crippen molar-refractivity contribution >= 4 is 5.91 Å². The van der Waals surface area contributed by atoms with Crippen LogP contribution in [0.1, 0.15) is 51.5 Å². The Morgan fingerprint density at radius 2 is 1.84 bits per heavy atom. The number of benzene rings is 1. The fourth-order valence-electron chi connectivity index (χ4n) is 4.79. The molecule has 1 aromatic carbocycles. The fraction of sp³-hybridized carbons (Fsp3) is 0.682. The van der Waals surface area contributed by atoms with E-state index in [4.69, 9.17) is 0 Å². The van der Waals surface area contributed by atoms with E-state index in [9.17, 15) is 4.79 Å². The van der Waals surface area contributed by atoms with Crippen molar-refractivity contribution in [2.24, 2.45) is 11.3 Å². The third kappa shape index (κ3) is 4.44. The molecule has 3 rings (SSSR count). The zero-order valence-electron chi connectivity index (χ0n) is 16.0. The first-order valence-corrected chi connectivity index (χ1v) is 10.2. The lowest BCUT2D eigenvalue weighted by molar-refractivity contribution is -0.135. The number of likely N-dealkylation sites (tertiary alicyclic amines) is 2. The molecule has 2 heterocycles. The standard InChI is InChI=1S/C22H34N2O/c1-3-20(4-2)21(25)24-16-13-22(18-24)12-8-14-23(17-22)15-11-19-9-6-5-7-10-19/h5-7,9-10,20H,3-4,8,11-18H2,1-2H3/t22-/m1/s1. The zero-order valence-corrected chi connectivity index (χ0v) is 16.0. The molecule has 1 atom stereocenters. The van der Waals surface area contributed by atoms with Crippen LogP contribution in [0.5, 0.6) is 0 Å². The average molecular weight is 343 g/mol. The van der Waals surface area contributed by atoms with Crippen molar-refractivity contribution in [3.63, 3.8) is 0 Å². The highest BCUT2D eigenvalue weighted by Gasteiger charge is 2.43. The van der Waals surface area contributed by atoms with E-state index in [1.165, 1.54) is 37.9 Å². The molecule has 3 heteroatoms. The van der Waals surface area contributed by atoms with Crippen molar-refractivity contribution in [3.05, 3.63) is 35.9 Å². The SMILES string of the molecule is CCC(CC)C(=O)N1CC[C@@]2(CCCN(CCc3ccccc3)C2)C1. The van der Waals surface area contributed by atoms with Crippen LogP contribution in [0.25, 0.3) is 0 Å². The summed E-state index contributed by atoms with van der Waals surface area (Å²) in [6, 6.07) is 10.8. The van der Waals surface area contributed by atoms with E-state index in [0.29, 0.717) is 11.3 Å². The van der Waals surface area contributed by atoms with Crippen molar-refractivity contribution in [2.75, 3.05) is 32.7 Å². The van der Waals surface area contributed by atoms with Crippen LogP contribution in [0.2, 0.25) is 0 Å². The molecule has 1 amide bonds. The Morgan fingerprint density at radius 1 is 1.08 bits per heavy atom. The van der Waals surface area contributed by atoms with Crippen LogP contribution in [0.15, 0.2) is 30.3 Å². The monoisotopic (exact) mass is 342 g/mol. The van der Waals surface area contributed by atoms with Gasteiger partial charge in [0.1, 0.15) is 0 Å². The van der Waals surface area contributed by atoms with Crippen molar-refractivity contribution < 1.29 is 4.79 Å². The Labute approximate surface area is 153 Å². The molecule has 0 unspecified atom stereocenters. The Bertz CT molecular complexity index is 554. The number of hydrogen-bond acceptors (Lipinski definition) is 2. The van der Waals surface area contributed by atoms with E-state index >= 15 is 0 Å². The van der Waals surface area contributed by atoms with Gasteiger partial charge in [0.15, 0.2) is 0 Å². The first kappa shape index (κ1) is 18.4. The van der Waals surface area contributed by atoms with Crippen molar-refractivity contribution in [3.8, 4) is 0 Å². The van der Waals surface area contributed by atoms with Crippen molar-refractivity contribution in [1.82, 2.24) is 9.80 Å². The van der Waals surface area contributed by atoms with Gasteiger partial charge < -0.3 is 9.80 Å². The smallest absolute Gasteiger partial charge is 0.225 e. The van der Waals surface area contributed by atoms with Gasteiger partial charge in [0, 0.05) is 37.5 Å². The molecule has 0 aromatic heterocycles. The number of amides is 1. The Kier molecular flexibility index (Phi) is 6.16. The van der Waals surface area contributed by atoms with Crippen LogP contribution in [0, 0.1) is 11.3 Å². The van der Waals surface area contributed by atoms with Gasteiger partial charge in [0.05, 0.1) is 0 Å². The van der Waals surface area contributed by atoms with Crippen LogP contribution in [-0.4, -0.2) is 48.4 Å². The summed E-state index contributed by atoms with van der Waals surface area (Å²) >= 11 is 0. The van der Waals surface area contributed by atoms with E-state index in [2.05, 4.69) is 54.0 Å². The number of piperidine rings is 1. The molecule has 2 saturated heterocycles. The van der Waals surface area contributed by atoms with E-state index in [1.54, 1.807) is 0 Å². The second kappa shape index (κ2) is 8.35. The molecule has 2 aliphatic rings. The van der Waals surface area contributed by atoms with Crippen LogP contribution >= 0.6 is 0 Å². The summed E-state index contributed by atoms with van der Waals surface area (Å²) in [6.45, 7) is 9.79. The van der Waals surface area contributed by atoms with Gasteiger partial charge >= 0.3 is 0 Å². The van der Waals surface area contributed by atoms with Crippen LogP contribution in [-0.2, 0) is 11.2 Å². The molecule has 2 aliphatic heterocycles. The van der Waals surface area contributed by atoms with Gasteiger partial charge in [0.2, 0.25) is 5.91 Å². The highest BCUT2D eigenvalue weighted by molar-refractivity contribution is 5.79. The van der Waals surface area contributed by atoms with Crippen LogP contribution in [0.4, 0.5) is 0 Å². The minimum absolute atomic E-state index is 0.230. The second-order valence-electron chi connectivity index (χ2n) is 8.14. The van der Waals surface area contributed by atoms with Crippen molar-refractivity contribution in [1.29, 1.82) is 0 Å². The number of nitrogens with zero attached hydrogens (tertiary/aromatic N) is 2. The van der Waals surface area contributed by atoms with Crippen LogP contribution in [0.3, 0.4) is 0 Å². The van der Waals surface area contributed by atoms with E-state index < -0.39 is 0 Å². The summed E-state index contributed by atoms with van der Waals surface area (Å²) < 4.78 is 0. The lowest BCUT2D eigenvalue weighted by atomic mass is 9.79. The van der Waals surface area contributed by atoms with E-state index in [1.807, 2.05) is 0 Å². The lowest BCUT2D eigenvalue weighted by Gasteiger charge is -2.40. The van der Waals surface area contributed by atoms with E-state index in [-0.39, 0.29) is 5.92 Å². The fourth-order valence-corrected chi connectivity index (χ4v) is 4.79. The molecule has 0 aliphatic carbocycles. The first-order valence-electron chi connectivity index (χ1n) is 10.2. The summed E-state index contributed by atoms with van der Waals surface area (Å²) in [5, 5.41) is 0. The van der Waals surface area contributed by atoms with Gasteiger partial charge in [-0.2, -0.15) is 0 Å². The van der Waals surface area contributed by atoms with Crippen molar-refractivity contribution in [2.45, 2.75) is 52.4 Å². The summed E-state index contributed by atoms with van der Waals surface area (Å²) in [7, 11) is 0. The minimum atomic E-state index is 0.230. The molecule has 138 valence electrons. The van der Waals surface area contributed by atoms with Gasteiger partial charge in [-0.25, -0.2) is 0 Å². The third-order valence-corrected chi connectivity index (χ3v) is 6.38. The number of hydrogen-bond donors (Lipinski definition) is 0. The molecule has 0 N–H and O–H groups in total. The molecule has 0 saturated carbocycles. The molecule has 3 nitrogen and oxygen atoms in total. The highest BCUT2D eigenvalue weighted by atomic mass is 16.2. The first-order chi connectivity index (χ1) is 12.2.